The van der Waals surface area contributed by atoms with Crippen LogP contribution in [0.15, 0.2) is 24.3 Å². The van der Waals surface area contributed by atoms with Gasteiger partial charge >= 0.3 is 5.97 Å². The Labute approximate surface area is 127 Å². The molecule has 5 nitrogen and oxygen atoms in total. The number of nitro groups is 1. The third-order valence-corrected chi connectivity index (χ3v) is 5.39. The fourth-order valence-electron chi connectivity index (χ4n) is 1.45. The molecule has 1 rings (SSSR count). The summed E-state index contributed by atoms with van der Waals surface area (Å²) in [5.74, 6) is -0.393. The minimum Gasteiger partial charge on any atom is -0.465 e. The zero-order valence-electron chi connectivity index (χ0n) is 10.4. The van der Waals surface area contributed by atoms with Crippen molar-refractivity contribution in [3.8, 4) is 0 Å². The van der Waals surface area contributed by atoms with Crippen molar-refractivity contribution in [1.29, 1.82) is 0 Å². The van der Waals surface area contributed by atoms with E-state index in [1.807, 2.05) is 0 Å². The van der Waals surface area contributed by atoms with Crippen LogP contribution in [0.5, 0.6) is 0 Å². The van der Waals surface area contributed by atoms with E-state index in [9.17, 15) is 14.9 Å². The number of rotatable bonds is 5. The smallest absolute Gasteiger partial charge is 0.324 e. The number of nitro benzene ring substituents is 1. The number of benzene rings is 1. The maximum Gasteiger partial charge on any atom is 0.324 e. The van der Waals surface area contributed by atoms with Crippen LogP contribution in [0.3, 0.4) is 0 Å². The quantitative estimate of drug-likeness (QED) is 0.330. The zero-order valence-corrected chi connectivity index (χ0v) is 13.6. The highest BCUT2D eigenvalue weighted by Gasteiger charge is 2.40. The number of esters is 1. The predicted octanol–water partition coefficient (Wildman–Crippen LogP) is 3.75. The molecule has 0 aliphatic heterocycles. The van der Waals surface area contributed by atoms with Crippen molar-refractivity contribution in [2.24, 2.45) is 0 Å². The summed E-state index contributed by atoms with van der Waals surface area (Å²) in [6.07, 6.45) is 0. The van der Waals surface area contributed by atoms with Gasteiger partial charge in [0.2, 0.25) is 0 Å². The summed E-state index contributed by atoms with van der Waals surface area (Å²) in [5.41, 5.74) is 0.758. The van der Waals surface area contributed by atoms with Crippen LogP contribution in [-0.2, 0) is 9.53 Å². The average molecular weight is 395 g/mol. The Hall–Kier alpha value is -0.950. The Bertz CT molecular complexity index is 473. The molecule has 7 heteroatoms. The average Bonchev–Trinajstić information content (AvgIpc) is 2.38. The third kappa shape index (κ3) is 3.76. The Kier molecular flexibility index (Phi) is 5.49. The molecule has 0 spiro atoms. The maximum absolute atomic E-state index is 11.8. The number of halogens is 2. The van der Waals surface area contributed by atoms with Crippen molar-refractivity contribution in [3.05, 3.63) is 39.9 Å². The lowest BCUT2D eigenvalue weighted by Crippen LogP contribution is -2.34. The molecule has 0 heterocycles. The molecule has 0 amide bonds. The first-order valence-electron chi connectivity index (χ1n) is 5.55. The second kappa shape index (κ2) is 6.47. The van der Waals surface area contributed by atoms with Crippen molar-refractivity contribution < 1.29 is 14.5 Å². The van der Waals surface area contributed by atoms with E-state index in [-0.39, 0.29) is 10.5 Å². The summed E-state index contributed by atoms with van der Waals surface area (Å²) in [6.45, 7) is 3.71. The molecular formula is C12H13Br2NO4. The van der Waals surface area contributed by atoms with Crippen LogP contribution in [0.1, 0.15) is 24.2 Å². The number of nitrogens with zero attached hydrogens (tertiary/aromatic N) is 1. The Morgan fingerprint density at radius 3 is 2.42 bits per heavy atom. The summed E-state index contributed by atoms with van der Waals surface area (Å²) < 4.78 is 4.04. The van der Waals surface area contributed by atoms with E-state index in [0.29, 0.717) is 6.61 Å². The summed E-state index contributed by atoms with van der Waals surface area (Å²) in [4.78, 5) is 21.6. The van der Waals surface area contributed by atoms with Gasteiger partial charge in [-0.25, -0.2) is 0 Å². The summed E-state index contributed by atoms with van der Waals surface area (Å²) >= 11 is 6.76. The standard InChI is InChI=1S/C12H13Br2NO4/c1-3-19-11(16)12(2,14)10(13)8-4-6-9(7-5-8)15(17)18/h4-7,10H,3H2,1-2H3/t10-,12-/m0/s1. The van der Waals surface area contributed by atoms with E-state index in [4.69, 9.17) is 4.74 Å². The van der Waals surface area contributed by atoms with Gasteiger partial charge in [0.15, 0.2) is 0 Å². The van der Waals surface area contributed by atoms with Crippen LogP contribution in [0, 0.1) is 10.1 Å². The minimum absolute atomic E-state index is 0.0101. The van der Waals surface area contributed by atoms with Crippen LogP contribution >= 0.6 is 31.9 Å². The van der Waals surface area contributed by atoms with Crippen LogP contribution < -0.4 is 0 Å². The SMILES string of the molecule is CCOC(=O)[C@@](C)(Br)[C@@H](Br)c1ccc([N+](=O)[O-])cc1. The molecule has 0 fully saturated rings. The van der Waals surface area contributed by atoms with Gasteiger partial charge in [0, 0.05) is 12.1 Å². The van der Waals surface area contributed by atoms with E-state index in [1.54, 1.807) is 26.0 Å². The number of non-ortho nitro benzene ring substituents is 1. The largest absolute Gasteiger partial charge is 0.465 e. The second-order valence-corrected chi connectivity index (χ2v) is 6.57. The molecule has 19 heavy (non-hydrogen) atoms. The van der Waals surface area contributed by atoms with E-state index >= 15 is 0 Å². The lowest BCUT2D eigenvalue weighted by Gasteiger charge is -2.26. The summed E-state index contributed by atoms with van der Waals surface area (Å²) in [6, 6.07) is 6.02. The highest BCUT2D eigenvalue weighted by molar-refractivity contribution is 9.12. The first-order chi connectivity index (χ1) is 8.80. The molecule has 2 atom stereocenters. The van der Waals surface area contributed by atoms with Gasteiger partial charge in [0.05, 0.1) is 16.4 Å². The number of hydrogen-bond acceptors (Lipinski definition) is 4. The summed E-state index contributed by atoms with van der Waals surface area (Å²) in [7, 11) is 0. The number of ether oxygens (including phenoxy) is 1. The van der Waals surface area contributed by atoms with Crippen molar-refractivity contribution in [2.45, 2.75) is 23.0 Å². The van der Waals surface area contributed by atoms with Gasteiger partial charge in [0.1, 0.15) is 4.32 Å². The number of carbonyl (C=O) groups is 1. The molecule has 0 aliphatic carbocycles. The zero-order chi connectivity index (χ0) is 14.6. The van der Waals surface area contributed by atoms with Crippen molar-refractivity contribution in [1.82, 2.24) is 0 Å². The van der Waals surface area contributed by atoms with E-state index in [2.05, 4.69) is 31.9 Å². The highest BCUT2D eigenvalue weighted by Crippen LogP contribution is 2.41. The molecule has 104 valence electrons. The van der Waals surface area contributed by atoms with Crippen LogP contribution in [-0.4, -0.2) is 21.8 Å². The number of hydrogen-bond donors (Lipinski definition) is 0. The van der Waals surface area contributed by atoms with Gasteiger partial charge in [0.25, 0.3) is 5.69 Å². The lowest BCUT2D eigenvalue weighted by molar-refractivity contribution is -0.384. The Morgan fingerprint density at radius 2 is 2.00 bits per heavy atom. The van der Waals surface area contributed by atoms with Gasteiger partial charge in [-0.05, 0) is 19.4 Å². The van der Waals surface area contributed by atoms with Gasteiger partial charge in [-0.1, -0.05) is 44.0 Å². The first-order valence-corrected chi connectivity index (χ1v) is 7.26. The molecule has 1 aromatic carbocycles. The summed E-state index contributed by atoms with van der Waals surface area (Å²) in [5, 5.41) is 10.6. The molecule has 0 aliphatic rings. The highest BCUT2D eigenvalue weighted by atomic mass is 79.9. The van der Waals surface area contributed by atoms with Crippen LogP contribution in [0.4, 0.5) is 5.69 Å². The number of alkyl halides is 2. The van der Waals surface area contributed by atoms with Crippen LogP contribution in [0.2, 0.25) is 0 Å². The molecule has 0 aromatic heterocycles. The molecule has 0 bridgehead atoms. The predicted molar refractivity (Wildman–Crippen MR) is 78.7 cm³/mol. The molecule has 0 radical (unpaired) electrons. The first kappa shape index (κ1) is 16.1. The van der Waals surface area contributed by atoms with Crippen molar-refractivity contribution >= 4 is 43.5 Å². The fraction of sp³-hybridized carbons (Fsp3) is 0.417. The van der Waals surface area contributed by atoms with Crippen LogP contribution in [0.25, 0.3) is 0 Å². The van der Waals surface area contributed by atoms with Gasteiger partial charge in [-0.15, -0.1) is 0 Å². The van der Waals surface area contributed by atoms with Crippen molar-refractivity contribution in [3.63, 3.8) is 0 Å². The molecule has 0 N–H and O–H groups in total. The molecule has 0 saturated carbocycles. The second-order valence-electron chi connectivity index (χ2n) is 4.01. The maximum atomic E-state index is 11.8. The Balaban J connectivity index is 2.95. The van der Waals surface area contributed by atoms with Gasteiger partial charge in [-0.2, -0.15) is 0 Å². The number of carbonyl (C=O) groups excluding carboxylic acids is 1. The van der Waals surface area contributed by atoms with E-state index in [1.165, 1.54) is 12.1 Å². The minimum atomic E-state index is -0.945. The topological polar surface area (TPSA) is 69.4 Å². The molecule has 0 unspecified atom stereocenters. The fourth-order valence-corrected chi connectivity index (χ4v) is 2.32. The van der Waals surface area contributed by atoms with E-state index in [0.717, 1.165) is 5.56 Å². The normalized spacial score (nSPS) is 15.4. The Morgan fingerprint density at radius 1 is 1.47 bits per heavy atom. The van der Waals surface area contributed by atoms with Gasteiger partial charge in [-0.3, -0.25) is 14.9 Å². The lowest BCUT2D eigenvalue weighted by atomic mass is 10.0. The molecular weight excluding hydrogens is 382 g/mol. The van der Waals surface area contributed by atoms with E-state index < -0.39 is 15.2 Å². The third-order valence-electron chi connectivity index (χ3n) is 2.55. The van der Waals surface area contributed by atoms with Crippen molar-refractivity contribution in [2.75, 3.05) is 6.61 Å². The van der Waals surface area contributed by atoms with Gasteiger partial charge < -0.3 is 4.74 Å². The monoisotopic (exact) mass is 393 g/mol. The molecule has 0 saturated heterocycles. The molecule has 1 aromatic rings.